The molecular weight excluding hydrogens is 384 g/mol. The number of thiazole rings is 1. The Morgan fingerprint density at radius 3 is 2.40 bits per heavy atom. The predicted molar refractivity (Wildman–Crippen MR) is 97.1 cm³/mol. The number of sulfonamides is 1. The average Bonchev–Trinajstić information content (AvgIpc) is 2.99. The first-order chi connectivity index (χ1) is 11.7. The summed E-state index contributed by atoms with van der Waals surface area (Å²) in [6.07, 6.45) is 0. The van der Waals surface area contributed by atoms with Gasteiger partial charge < -0.3 is 4.74 Å². The smallest absolute Gasteiger partial charge is 0.240 e. The maximum absolute atomic E-state index is 12.3. The molecule has 138 valence electrons. The molecule has 0 bridgehead atoms. The maximum Gasteiger partial charge on any atom is 0.240 e. The van der Waals surface area contributed by atoms with E-state index in [1.54, 1.807) is 6.92 Å². The van der Waals surface area contributed by atoms with Gasteiger partial charge in [-0.1, -0.05) is 6.92 Å². The fourth-order valence-corrected chi connectivity index (χ4v) is 4.29. The van der Waals surface area contributed by atoms with Gasteiger partial charge in [0.05, 0.1) is 17.2 Å². The van der Waals surface area contributed by atoms with Crippen molar-refractivity contribution in [3.8, 4) is 5.75 Å². The molecular formula is C15H20N2O5S3. The van der Waals surface area contributed by atoms with Crippen molar-refractivity contribution >= 4 is 31.2 Å². The van der Waals surface area contributed by atoms with Crippen LogP contribution in [0.5, 0.6) is 5.75 Å². The zero-order valence-corrected chi connectivity index (χ0v) is 16.4. The van der Waals surface area contributed by atoms with Crippen LogP contribution in [0, 0.1) is 6.92 Å². The van der Waals surface area contributed by atoms with E-state index in [1.165, 1.54) is 35.6 Å². The molecule has 0 spiro atoms. The van der Waals surface area contributed by atoms with E-state index in [4.69, 9.17) is 4.74 Å². The molecule has 1 N–H and O–H groups in total. The Morgan fingerprint density at radius 1 is 1.16 bits per heavy atom. The number of sulfone groups is 1. The SMILES string of the molecule is CCS(=O)(=O)CCOc1ccc(S(=O)(=O)NCc2nc(C)cs2)cc1. The zero-order chi connectivity index (χ0) is 18.5. The number of rotatable bonds is 9. The summed E-state index contributed by atoms with van der Waals surface area (Å²) in [5.41, 5.74) is 0.853. The van der Waals surface area contributed by atoms with Crippen LogP contribution < -0.4 is 9.46 Å². The lowest BCUT2D eigenvalue weighted by Crippen LogP contribution is -2.23. The first-order valence-electron chi connectivity index (χ1n) is 7.56. The van der Waals surface area contributed by atoms with Crippen molar-refractivity contribution < 1.29 is 21.6 Å². The van der Waals surface area contributed by atoms with E-state index in [2.05, 4.69) is 9.71 Å². The third kappa shape index (κ3) is 6.07. The van der Waals surface area contributed by atoms with Gasteiger partial charge in [-0.2, -0.15) is 0 Å². The molecule has 0 radical (unpaired) electrons. The number of hydrogen-bond acceptors (Lipinski definition) is 7. The van der Waals surface area contributed by atoms with Gasteiger partial charge in [0.2, 0.25) is 10.0 Å². The second-order valence-electron chi connectivity index (χ2n) is 5.26. The lowest BCUT2D eigenvalue weighted by molar-refractivity contribution is 0.340. The van der Waals surface area contributed by atoms with Crippen molar-refractivity contribution in [1.29, 1.82) is 0 Å². The second kappa shape index (κ2) is 8.26. The minimum atomic E-state index is -3.65. The number of aryl methyl sites for hydroxylation is 1. The van der Waals surface area contributed by atoms with E-state index >= 15 is 0 Å². The minimum absolute atomic E-state index is 0.0317. The molecule has 7 nitrogen and oxygen atoms in total. The molecule has 0 aliphatic heterocycles. The molecule has 0 saturated carbocycles. The van der Waals surface area contributed by atoms with Crippen molar-refractivity contribution in [1.82, 2.24) is 9.71 Å². The highest BCUT2D eigenvalue weighted by Crippen LogP contribution is 2.17. The Kier molecular flexibility index (Phi) is 6.55. The van der Waals surface area contributed by atoms with Gasteiger partial charge in [0.1, 0.15) is 17.4 Å². The molecule has 0 aliphatic carbocycles. The third-order valence-electron chi connectivity index (χ3n) is 3.32. The molecule has 0 atom stereocenters. The first kappa shape index (κ1) is 19.8. The largest absolute Gasteiger partial charge is 0.493 e. The van der Waals surface area contributed by atoms with Crippen molar-refractivity contribution in [3.05, 3.63) is 40.3 Å². The van der Waals surface area contributed by atoms with Gasteiger partial charge in [-0.3, -0.25) is 0 Å². The third-order valence-corrected chi connectivity index (χ3v) is 7.37. The second-order valence-corrected chi connectivity index (χ2v) is 10.4. The maximum atomic E-state index is 12.3. The molecule has 2 aromatic rings. The van der Waals surface area contributed by atoms with Crippen LogP contribution >= 0.6 is 11.3 Å². The highest BCUT2D eigenvalue weighted by atomic mass is 32.2. The van der Waals surface area contributed by atoms with Crippen LogP contribution in [0.1, 0.15) is 17.6 Å². The molecule has 0 amide bonds. The Bertz CT molecular complexity index is 903. The molecule has 2 rings (SSSR count). The summed E-state index contributed by atoms with van der Waals surface area (Å²) in [6.45, 7) is 3.59. The number of benzene rings is 1. The van der Waals surface area contributed by atoms with E-state index in [0.717, 1.165) is 5.69 Å². The summed E-state index contributed by atoms with van der Waals surface area (Å²) in [5.74, 6) is 0.414. The molecule has 0 saturated heterocycles. The predicted octanol–water partition coefficient (Wildman–Crippen LogP) is 1.74. The Balaban J connectivity index is 1.93. The molecule has 1 aromatic carbocycles. The molecule has 0 aliphatic rings. The lowest BCUT2D eigenvalue weighted by atomic mass is 10.3. The summed E-state index contributed by atoms with van der Waals surface area (Å²) in [6, 6.07) is 5.83. The standard InChI is InChI=1S/C15H20N2O5S3/c1-3-24(18,19)9-8-22-13-4-6-14(7-5-13)25(20,21)16-10-15-17-12(2)11-23-15/h4-7,11,16H,3,8-10H2,1-2H3. The lowest BCUT2D eigenvalue weighted by Gasteiger charge is -2.08. The van der Waals surface area contributed by atoms with E-state index in [9.17, 15) is 16.8 Å². The monoisotopic (exact) mass is 404 g/mol. The fourth-order valence-electron chi connectivity index (χ4n) is 1.87. The highest BCUT2D eigenvalue weighted by Gasteiger charge is 2.15. The van der Waals surface area contributed by atoms with Crippen LogP contribution in [0.2, 0.25) is 0 Å². The highest BCUT2D eigenvalue weighted by molar-refractivity contribution is 7.91. The Hall–Kier alpha value is -1.49. The molecule has 1 aromatic heterocycles. The Morgan fingerprint density at radius 2 is 1.84 bits per heavy atom. The Labute approximate surface area is 152 Å². The van der Waals surface area contributed by atoms with Crippen molar-refractivity contribution in [3.63, 3.8) is 0 Å². The summed E-state index contributed by atoms with van der Waals surface area (Å²) < 4.78 is 55.1. The van der Waals surface area contributed by atoms with E-state index in [-0.39, 0.29) is 29.6 Å². The summed E-state index contributed by atoms with van der Waals surface area (Å²) in [4.78, 5) is 4.31. The topological polar surface area (TPSA) is 102 Å². The van der Waals surface area contributed by atoms with Gasteiger partial charge in [-0.15, -0.1) is 11.3 Å². The first-order valence-corrected chi connectivity index (χ1v) is 11.7. The number of nitrogens with zero attached hydrogens (tertiary/aromatic N) is 1. The zero-order valence-electron chi connectivity index (χ0n) is 13.9. The summed E-state index contributed by atoms with van der Waals surface area (Å²) in [7, 11) is -6.74. The van der Waals surface area contributed by atoms with Crippen LogP contribution in [0.15, 0.2) is 34.5 Å². The minimum Gasteiger partial charge on any atom is -0.493 e. The van der Waals surface area contributed by atoms with Gasteiger partial charge in [0.25, 0.3) is 0 Å². The van der Waals surface area contributed by atoms with Crippen molar-refractivity contribution in [2.45, 2.75) is 25.3 Å². The summed E-state index contributed by atoms with van der Waals surface area (Å²) in [5, 5.41) is 2.55. The molecule has 25 heavy (non-hydrogen) atoms. The van der Waals surface area contributed by atoms with Crippen LogP contribution in [0.25, 0.3) is 0 Å². The summed E-state index contributed by atoms with van der Waals surface area (Å²) >= 11 is 1.39. The molecule has 10 heteroatoms. The van der Waals surface area contributed by atoms with E-state index < -0.39 is 19.9 Å². The van der Waals surface area contributed by atoms with Crippen LogP contribution in [0.3, 0.4) is 0 Å². The van der Waals surface area contributed by atoms with E-state index in [0.29, 0.717) is 10.8 Å². The fraction of sp³-hybridized carbons (Fsp3) is 0.400. The number of ether oxygens (including phenoxy) is 1. The van der Waals surface area contributed by atoms with Crippen molar-refractivity contribution in [2.24, 2.45) is 0 Å². The number of hydrogen-bond donors (Lipinski definition) is 1. The van der Waals surface area contributed by atoms with Crippen molar-refractivity contribution in [2.75, 3.05) is 18.1 Å². The molecule has 0 fully saturated rings. The van der Waals surface area contributed by atoms with E-state index in [1.807, 2.05) is 12.3 Å². The average molecular weight is 405 g/mol. The molecule has 0 unspecified atom stereocenters. The molecule has 1 heterocycles. The van der Waals surface area contributed by atoms with Gasteiger partial charge in [0, 0.05) is 16.8 Å². The van der Waals surface area contributed by atoms with Gasteiger partial charge >= 0.3 is 0 Å². The van der Waals surface area contributed by atoms with Gasteiger partial charge in [-0.25, -0.2) is 26.5 Å². The van der Waals surface area contributed by atoms with Crippen LogP contribution in [0.4, 0.5) is 0 Å². The van der Waals surface area contributed by atoms with Crippen LogP contribution in [-0.4, -0.2) is 39.9 Å². The number of aromatic nitrogens is 1. The van der Waals surface area contributed by atoms with Crippen LogP contribution in [-0.2, 0) is 26.4 Å². The number of nitrogens with one attached hydrogen (secondary N) is 1. The quantitative estimate of drug-likeness (QED) is 0.683. The van der Waals surface area contributed by atoms with Gasteiger partial charge in [-0.05, 0) is 31.2 Å². The van der Waals surface area contributed by atoms with Gasteiger partial charge in [0.15, 0.2) is 9.84 Å². The normalized spacial score (nSPS) is 12.2.